The third kappa shape index (κ3) is 5.32. The lowest BCUT2D eigenvalue weighted by Crippen LogP contribution is -2.61. The lowest BCUT2D eigenvalue weighted by Gasteiger charge is -2.35. The minimum Gasteiger partial charge on any atom is -0.480 e. The van der Waals surface area contributed by atoms with Crippen molar-refractivity contribution in [2.45, 2.75) is 50.6 Å². The number of rotatable bonds is 8. The number of hydrogen-bond donors (Lipinski definition) is 3. The van der Waals surface area contributed by atoms with Gasteiger partial charge in [-0.05, 0) is 34.6 Å². The van der Waals surface area contributed by atoms with Gasteiger partial charge in [0, 0.05) is 32.0 Å². The summed E-state index contributed by atoms with van der Waals surface area (Å²) in [5.74, 6) is -1.63. The summed E-state index contributed by atoms with van der Waals surface area (Å²) >= 11 is 0. The predicted octanol–water partition coefficient (Wildman–Crippen LogP) is 3.69. The largest absolute Gasteiger partial charge is 0.480 e. The van der Waals surface area contributed by atoms with Gasteiger partial charge in [-0.1, -0.05) is 62.4 Å². The van der Waals surface area contributed by atoms with Crippen LogP contribution in [0.5, 0.6) is 0 Å². The number of alkyl carbamates (subject to hydrolysis) is 1. The molecule has 3 N–H and O–H groups in total. The molecule has 1 atom stereocenters. The summed E-state index contributed by atoms with van der Waals surface area (Å²) in [6.07, 6.45) is -0.00714. The first-order valence-electron chi connectivity index (χ1n) is 12.1. The van der Waals surface area contributed by atoms with E-state index in [-0.39, 0.29) is 44.5 Å². The molecule has 0 aromatic heterocycles. The number of carbonyl (C=O) groups excluding carboxylic acids is 2. The van der Waals surface area contributed by atoms with E-state index in [2.05, 4.69) is 22.8 Å². The minimum atomic E-state index is -1.40. The van der Waals surface area contributed by atoms with E-state index in [1.165, 1.54) is 0 Å². The zero-order valence-electron chi connectivity index (χ0n) is 20.1. The van der Waals surface area contributed by atoms with E-state index in [1.54, 1.807) is 0 Å². The van der Waals surface area contributed by atoms with Crippen LogP contribution in [-0.2, 0) is 19.1 Å². The number of nitrogens with one attached hydrogen (secondary N) is 2. The number of aliphatic carboxylic acids is 1. The van der Waals surface area contributed by atoms with Crippen LogP contribution in [0.15, 0.2) is 48.5 Å². The lowest BCUT2D eigenvalue weighted by molar-refractivity contribution is -0.152. The highest BCUT2D eigenvalue weighted by atomic mass is 16.5. The maximum atomic E-state index is 13.1. The smallest absolute Gasteiger partial charge is 0.407 e. The molecule has 0 bridgehead atoms. The quantitative estimate of drug-likeness (QED) is 0.531. The molecule has 2 aromatic carbocycles. The molecule has 2 aromatic rings. The highest BCUT2D eigenvalue weighted by molar-refractivity contribution is 5.91. The molecule has 8 nitrogen and oxygen atoms in total. The molecule has 1 unspecified atom stereocenters. The Morgan fingerprint density at radius 2 is 1.60 bits per heavy atom. The summed E-state index contributed by atoms with van der Waals surface area (Å²) in [6, 6.07) is 15.2. The topological polar surface area (TPSA) is 114 Å². The summed E-state index contributed by atoms with van der Waals surface area (Å²) in [6.45, 7) is 4.50. The Bertz CT molecular complexity index is 1050. The van der Waals surface area contributed by atoms with Crippen LogP contribution < -0.4 is 10.6 Å². The molecule has 1 aliphatic carbocycles. The summed E-state index contributed by atoms with van der Waals surface area (Å²) in [7, 11) is 0. The molecule has 4 rings (SSSR count). The van der Waals surface area contributed by atoms with Crippen molar-refractivity contribution in [1.29, 1.82) is 0 Å². The second kappa shape index (κ2) is 10.5. The van der Waals surface area contributed by atoms with Crippen molar-refractivity contribution in [3.05, 3.63) is 59.7 Å². The Hall–Kier alpha value is -3.39. The van der Waals surface area contributed by atoms with Gasteiger partial charge in [0.2, 0.25) is 5.91 Å². The fraction of sp³-hybridized carbons (Fsp3) is 0.444. The second-order valence-corrected chi connectivity index (χ2v) is 9.64. The van der Waals surface area contributed by atoms with Gasteiger partial charge in [0.05, 0.1) is 0 Å². The van der Waals surface area contributed by atoms with Crippen molar-refractivity contribution < 1.29 is 29.0 Å². The van der Waals surface area contributed by atoms with Gasteiger partial charge in [-0.15, -0.1) is 0 Å². The first-order valence-corrected chi connectivity index (χ1v) is 12.1. The standard InChI is InChI=1S/C27H32N2O6/c1-17(2)15-23(24(30)29-27(25(31)32)11-13-34-14-12-27)28-26(33)35-16-22-20-9-5-3-7-18(20)19-8-4-6-10-21(19)22/h3-10,17,22-23H,11-16H2,1-2H3,(H,28,33)(H,29,30)(H,31,32). The molecule has 186 valence electrons. The number of ether oxygens (including phenoxy) is 2. The molecular weight excluding hydrogens is 448 g/mol. The minimum absolute atomic E-state index is 0.0927. The Morgan fingerprint density at radius 1 is 1.03 bits per heavy atom. The molecule has 1 aliphatic heterocycles. The molecule has 0 spiro atoms. The summed E-state index contributed by atoms with van der Waals surface area (Å²) in [5, 5.41) is 15.1. The highest BCUT2D eigenvalue weighted by Gasteiger charge is 2.43. The van der Waals surface area contributed by atoms with Gasteiger partial charge >= 0.3 is 12.1 Å². The number of carboxylic acid groups (broad SMARTS) is 1. The number of hydrogen-bond acceptors (Lipinski definition) is 5. The molecule has 1 fully saturated rings. The Labute approximate surface area is 205 Å². The Morgan fingerprint density at radius 3 is 2.14 bits per heavy atom. The summed E-state index contributed by atoms with van der Waals surface area (Å²) in [5.41, 5.74) is 3.06. The fourth-order valence-corrected chi connectivity index (χ4v) is 4.92. The predicted molar refractivity (Wildman–Crippen MR) is 130 cm³/mol. The van der Waals surface area contributed by atoms with Gasteiger partial charge in [0.25, 0.3) is 0 Å². The van der Waals surface area contributed by atoms with Crippen LogP contribution in [0.25, 0.3) is 11.1 Å². The van der Waals surface area contributed by atoms with Crippen LogP contribution in [0.2, 0.25) is 0 Å². The van der Waals surface area contributed by atoms with Crippen molar-refractivity contribution in [3.8, 4) is 11.1 Å². The first-order chi connectivity index (χ1) is 16.8. The monoisotopic (exact) mass is 480 g/mol. The molecular formula is C27H32N2O6. The van der Waals surface area contributed by atoms with E-state index in [0.29, 0.717) is 6.42 Å². The average molecular weight is 481 g/mol. The van der Waals surface area contributed by atoms with Crippen molar-refractivity contribution in [2.75, 3.05) is 19.8 Å². The number of carbonyl (C=O) groups is 3. The molecule has 0 radical (unpaired) electrons. The van der Waals surface area contributed by atoms with Crippen molar-refractivity contribution in [1.82, 2.24) is 10.6 Å². The van der Waals surface area contributed by atoms with E-state index in [4.69, 9.17) is 9.47 Å². The molecule has 2 aliphatic rings. The fourth-order valence-electron chi connectivity index (χ4n) is 4.92. The van der Waals surface area contributed by atoms with E-state index >= 15 is 0 Å². The highest BCUT2D eigenvalue weighted by Crippen LogP contribution is 2.44. The van der Waals surface area contributed by atoms with Gasteiger partial charge < -0.3 is 25.2 Å². The van der Waals surface area contributed by atoms with Crippen molar-refractivity contribution in [2.24, 2.45) is 5.92 Å². The van der Waals surface area contributed by atoms with E-state index < -0.39 is 29.6 Å². The average Bonchev–Trinajstić information content (AvgIpc) is 3.16. The van der Waals surface area contributed by atoms with Gasteiger partial charge in [0.1, 0.15) is 18.2 Å². The molecule has 1 heterocycles. The van der Waals surface area contributed by atoms with Crippen LogP contribution in [-0.4, -0.2) is 54.5 Å². The molecule has 8 heteroatoms. The first kappa shape index (κ1) is 24.7. The SMILES string of the molecule is CC(C)CC(NC(=O)OCC1c2ccccc2-c2ccccc21)C(=O)NC1(C(=O)O)CCOCC1. The zero-order valence-corrected chi connectivity index (χ0v) is 20.1. The number of carboxylic acids is 1. The molecule has 2 amide bonds. The Balaban J connectivity index is 1.43. The van der Waals surface area contributed by atoms with E-state index in [0.717, 1.165) is 22.3 Å². The van der Waals surface area contributed by atoms with Crippen LogP contribution in [0.1, 0.15) is 50.2 Å². The zero-order chi connectivity index (χ0) is 25.0. The van der Waals surface area contributed by atoms with Crippen LogP contribution in [0, 0.1) is 5.92 Å². The van der Waals surface area contributed by atoms with E-state index in [1.807, 2.05) is 50.2 Å². The summed E-state index contributed by atoms with van der Waals surface area (Å²) < 4.78 is 10.9. The Kier molecular flexibility index (Phi) is 7.40. The van der Waals surface area contributed by atoms with Crippen LogP contribution in [0.3, 0.4) is 0 Å². The van der Waals surface area contributed by atoms with Gasteiger partial charge in [0.15, 0.2) is 0 Å². The van der Waals surface area contributed by atoms with E-state index in [9.17, 15) is 19.5 Å². The maximum absolute atomic E-state index is 13.1. The third-order valence-electron chi connectivity index (χ3n) is 6.78. The number of amides is 2. The van der Waals surface area contributed by atoms with Gasteiger partial charge in [-0.25, -0.2) is 9.59 Å². The normalized spacial score (nSPS) is 17.2. The van der Waals surface area contributed by atoms with Gasteiger partial charge in [-0.2, -0.15) is 0 Å². The van der Waals surface area contributed by atoms with Gasteiger partial charge in [-0.3, -0.25) is 4.79 Å². The van der Waals surface area contributed by atoms with Crippen LogP contribution in [0.4, 0.5) is 4.79 Å². The van der Waals surface area contributed by atoms with Crippen LogP contribution >= 0.6 is 0 Å². The molecule has 0 saturated carbocycles. The maximum Gasteiger partial charge on any atom is 0.407 e. The number of benzene rings is 2. The number of fused-ring (bicyclic) bond motifs is 3. The second-order valence-electron chi connectivity index (χ2n) is 9.64. The molecule has 35 heavy (non-hydrogen) atoms. The summed E-state index contributed by atoms with van der Waals surface area (Å²) in [4.78, 5) is 37.8. The van der Waals surface area contributed by atoms with Crippen molar-refractivity contribution in [3.63, 3.8) is 0 Å². The van der Waals surface area contributed by atoms with Crippen molar-refractivity contribution >= 4 is 18.0 Å². The lowest BCUT2D eigenvalue weighted by atomic mass is 9.89. The third-order valence-corrected chi connectivity index (χ3v) is 6.78. The molecule has 1 saturated heterocycles.